The van der Waals surface area contributed by atoms with Gasteiger partial charge in [-0.15, -0.1) is 10.2 Å². The maximum Gasteiger partial charge on any atom is 0.310 e. The molecule has 6 rings (SSSR count). The monoisotopic (exact) mass is 468 g/mol. The highest BCUT2D eigenvalue weighted by atomic mass is 19.3. The molecule has 5 heterocycles. The van der Waals surface area contributed by atoms with Crippen molar-refractivity contribution in [2.24, 2.45) is 5.73 Å². The average Bonchev–Trinajstić information content (AvgIpc) is 3.29. The Balaban J connectivity index is 1.39. The Kier molecular flexibility index (Phi) is 5.03. The summed E-state index contributed by atoms with van der Waals surface area (Å²) in [6, 6.07) is 7.22. The Labute approximate surface area is 195 Å². The second kappa shape index (κ2) is 7.99. The molecular formula is C24H26F2N6O2. The van der Waals surface area contributed by atoms with Crippen molar-refractivity contribution < 1.29 is 18.3 Å². The number of para-hydroxylation sites is 1. The van der Waals surface area contributed by atoms with Gasteiger partial charge in [0.2, 0.25) is 0 Å². The first kappa shape index (κ1) is 21.4. The number of ether oxygens (including phenoxy) is 2. The topological polar surface area (TPSA) is 98.4 Å². The first-order chi connectivity index (χ1) is 16.5. The van der Waals surface area contributed by atoms with Gasteiger partial charge in [0.1, 0.15) is 11.4 Å². The molecule has 3 aromatic rings. The number of hydrogen-bond acceptors (Lipinski definition) is 8. The molecule has 8 nitrogen and oxygen atoms in total. The lowest BCUT2D eigenvalue weighted by Gasteiger charge is -2.36. The zero-order chi connectivity index (χ0) is 23.4. The van der Waals surface area contributed by atoms with Crippen molar-refractivity contribution in [1.29, 1.82) is 0 Å². The van der Waals surface area contributed by atoms with Crippen LogP contribution in [0.15, 0.2) is 30.5 Å². The second-order valence-electron chi connectivity index (χ2n) is 9.20. The smallest absolute Gasteiger partial charge is 0.310 e. The molecule has 10 heteroatoms. The van der Waals surface area contributed by atoms with E-state index >= 15 is 0 Å². The maximum absolute atomic E-state index is 14.2. The quantitative estimate of drug-likeness (QED) is 0.587. The van der Waals surface area contributed by atoms with E-state index in [4.69, 9.17) is 20.2 Å². The Bertz CT molecular complexity index is 1240. The van der Waals surface area contributed by atoms with E-state index in [0.717, 1.165) is 23.9 Å². The van der Waals surface area contributed by atoms with Crippen LogP contribution in [0.2, 0.25) is 0 Å². The summed E-state index contributed by atoms with van der Waals surface area (Å²) in [6.45, 7) is 2.88. The third-order valence-corrected chi connectivity index (χ3v) is 7.06. The minimum atomic E-state index is -2.99. The zero-order valence-electron chi connectivity index (χ0n) is 18.8. The first-order valence-corrected chi connectivity index (χ1v) is 11.6. The molecule has 3 aliphatic rings. The normalized spacial score (nSPS) is 23.6. The fraction of sp³-hybridized carbons (Fsp3) is 0.458. The van der Waals surface area contributed by atoms with Gasteiger partial charge in [0.15, 0.2) is 12.4 Å². The molecule has 2 bridgehead atoms. The SMILES string of the molecule is C[C@@H](Nc1nnc(CN)c2ncc(N3C4CCC3COC4)cc12)c1cccc2c1OCC2(F)F. The summed E-state index contributed by atoms with van der Waals surface area (Å²) in [5, 5.41) is 12.8. The molecule has 2 aromatic heterocycles. The number of benzene rings is 1. The average molecular weight is 469 g/mol. The largest absolute Gasteiger partial charge is 0.486 e. The van der Waals surface area contributed by atoms with Crippen molar-refractivity contribution in [2.45, 2.75) is 50.4 Å². The number of fused-ring (bicyclic) bond motifs is 4. The molecule has 2 fully saturated rings. The van der Waals surface area contributed by atoms with Gasteiger partial charge < -0.3 is 25.4 Å². The molecule has 2 saturated heterocycles. The van der Waals surface area contributed by atoms with Crippen molar-refractivity contribution in [3.05, 3.63) is 47.3 Å². The Hall–Kier alpha value is -3.11. The molecule has 0 amide bonds. The van der Waals surface area contributed by atoms with Gasteiger partial charge in [0.25, 0.3) is 0 Å². The van der Waals surface area contributed by atoms with Crippen LogP contribution in [0.5, 0.6) is 5.75 Å². The minimum absolute atomic E-state index is 0.0835. The van der Waals surface area contributed by atoms with Crippen molar-refractivity contribution in [3.63, 3.8) is 0 Å². The lowest BCUT2D eigenvalue weighted by atomic mass is 10.0. The third kappa shape index (κ3) is 3.35. The van der Waals surface area contributed by atoms with E-state index < -0.39 is 12.5 Å². The number of nitrogens with one attached hydrogen (secondary N) is 1. The summed E-state index contributed by atoms with van der Waals surface area (Å²) in [5.74, 6) is -2.24. The molecule has 0 spiro atoms. The van der Waals surface area contributed by atoms with Crippen LogP contribution >= 0.6 is 0 Å². The number of alkyl halides is 2. The van der Waals surface area contributed by atoms with Gasteiger partial charge in [-0.3, -0.25) is 4.98 Å². The Morgan fingerprint density at radius 3 is 2.79 bits per heavy atom. The highest BCUT2D eigenvalue weighted by molar-refractivity contribution is 5.92. The molecule has 0 aliphatic carbocycles. The van der Waals surface area contributed by atoms with E-state index in [0.29, 0.717) is 47.9 Å². The summed E-state index contributed by atoms with van der Waals surface area (Å²) < 4.78 is 39.5. The summed E-state index contributed by atoms with van der Waals surface area (Å²) in [4.78, 5) is 7.11. The molecule has 3 N–H and O–H groups in total. The summed E-state index contributed by atoms with van der Waals surface area (Å²) >= 11 is 0. The molecular weight excluding hydrogens is 442 g/mol. The fourth-order valence-corrected chi connectivity index (χ4v) is 5.38. The van der Waals surface area contributed by atoms with Crippen LogP contribution in [-0.4, -0.2) is 47.1 Å². The van der Waals surface area contributed by atoms with Crippen LogP contribution in [0, 0.1) is 0 Å². The van der Waals surface area contributed by atoms with Gasteiger partial charge in [-0.1, -0.05) is 12.1 Å². The predicted molar refractivity (Wildman–Crippen MR) is 123 cm³/mol. The number of nitrogens with two attached hydrogens (primary N) is 1. The van der Waals surface area contributed by atoms with E-state index in [-0.39, 0.29) is 23.9 Å². The number of anilines is 2. The lowest BCUT2D eigenvalue weighted by molar-refractivity contribution is -0.0214. The number of halogens is 2. The molecule has 3 aliphatic heterocycles. The minimum Gasteiger partial charge on any atom is -0.486 e. The van der Waals surface area contributed by atoms with Crippen molar-refractivity contribution in [2.75, 3.05) is 30.0 Å². The maximum atomic E-state index is 14.2. The van der Waals surface area contributed by atoms with Crippen molar-refractivity contribution in [3.8, 4) is 5.75 Å². The van der Waals surface area contributed by atoms with E-state index in [1.165, 1.54) is 6.07 Å². The van der Waals surface area contributed by atoms with Gasteiger partial charge in [-0.25, -0.2) is 0 Å². The second-order valence-corrected chi connectivity index (χ2v) is 9.20. The molecule has 1 aromatic carbocycles. The Morgan fingerprint density at radius 2 is 2.03 bits per heavy atom. The first-order valence-electron chi connectivity index (χ1n) is 11.6. The van der Waals surface area contributed by atoms with Gasteiger partial charge in [0.05, 0.1) is 54.3 Å². The number of morpholine rings is 1. The zero-order valence-corrected chi connectivity index (χ0v) is 18.8. The molecule has 34 heavy (non-hydrogen) atoms. The standard InChI is InChI=1S/C24H26F2N6O2/c1-13(17-3-2-4-19-22(17)34-12-24(19,25)26)29-23-18-7-16(9-28-21(18)20(8-27)30-31-23)32-14-5-6-15(32)11-33-10-14/h2-4,7,9,13-15H,5-6,8,10-12,27H2,1H3,(H,29,31)/t13-,14?,15?/m1/s1. The van der Waals surface area contributed by atoms with Crippen LogP contribution in [0.1, 0.15) is 42.6 Å². The van der Waals surface area contributed by atoms with Crippen LogP contribution in [0.4, 0.5) is 20.3 Å². The number of hydrogen-bond donors (Lipinski definition) is 2. The van der Waals surface area contributed by atoms with E-state index in [9.17, 15) is 8.78 Å². The fourth-order valence-electron chi connectivity index (χ4n) is 5.38. The van der Waals surface area contributed by atoms with Crippen LogP contribution in [-0.2, 0) is 17.2 Å². The van der Waals surface area contributed by atoms with Crippen molar-refractivity contribution >= 4 is 22.4 Å². The van der Waals surface area contributed by atoms with Gasteiger partial charge in [-0.2, -0.15) is 8.78 Å². The summed E-state index contributed by atoms with van der Waals surface area (Å²) in [5.41, 5.74) is 8.76. The summed E-state index contributed by atoms with van der Waals surface area (Å²) in [6.07, 6.45) is 4.06. The highest BCUT2D eigenvalue weighted by Gasteiger charge is 2.43. The van der Waals surface area contributed by atoms with Crippen LogP contribution in [0.25, 0.3) is 10.9 Å². The van der Waals surface area contributed by atoms with Crippen LogP contribution in [0.3, 0.4) is 0 Å². The van der Waals surface area contributed by atoms with Gasteiger partial charge in [-0.05, 0) is 31.9 Å². The third-order valence-electron chi connectivity index (χ3n) is 7.06. The Morgan fingerprint density at radius 1 is 1.24 bits per heavy atom. The van der Waals surface area contributed by atoms with E-state index in [1.54, 1.807) is 12.1 Å². The summed E-state index contributed by atoms with van der Waals surface area (Å²) in [7, 11) is 0. The number of nitrogens with zero attached hydrogens (tertiary/aromatic N) is 4. The molecule has 0 saturated carbocycles. The lowest BCUT2D eigenvalue weighted by Crippen LogP contribution is -2.46. The van der Waals surface area contributed by atoms with E-state index in [1.807, 2.05) is 13.1 Å². The molecule has 2 unspecified atom stereocenters. The number of aromatic nitrogens is 3. The number of rotatable bonds is 5. The van der Waals surface area contributed by atoms with E-state index in [2.05, 4.69) is 26.5 Å². The van der Waals surface area contributed by atoms with Crippen molar-refractivity contribution in [1.82, 2.24) is 15.2 Å². The predicted octanol–water partition coefficient (Wildman–Crippen LogP) is 3.51. The van der Waals surface area contributed by atoms with Gasteiger partial charge >= 0.3 is 5.92 Å². The molecule has 178 valence electrons. The molecule has 0 radical (unpaired) electrons. The highest BCUT2D eigenvalue weighted by Crippen LogP contribution is 2.45. The van der Waals surface area contributed by atoms with Gasteiger partial charge in [0, 0.05) is 17.5 Å². The molecule has 3 atom stereocenters. The van der Waals surface area contributed by atoms with Crippen LogP contribution < -0.4 is 20.7 Å². The number of pyridine rings is 1.